The van der Waals surface area contributed by atoms with E-state index in [1.807, 2.05) is 19.9 Å². The first-order valence-electron chi connectivity index (χ1n) is 8.84. The van der Waals surface area contributed by atoms with Gasteiger partial charge >= 0.3 is 0 Å². The van der Waals surface area contributed by atoms with E-state index >= 15 is 0 Å². The Bertz CT molecular complexity index is 950. The van der Waals surface area contributed by atoms with Gasteiger partial charge in [0.15, 0.2) is 0 Å². The second kappa shape index (κ2) is 8.93. The molecule has 1 amide bonds. The van der Waals surface area contributed by atoms with Gasteiger partial charge in [0.05, 0.1) is 11.9 Å². The zero-order valence-corrected chi connectivity index (χ0v) is 17.4. The maximum absolute atomic E-state index is 12.8. The van der Waals surface area contributed by atoms with Gasteiger partial charge in [0.2, 0.25) is 15.9 Å². The largest absolute Gasteiger partial charge is 0.489 e. The average Bonchev–Trinajstić information content (AvgIpc) is 2.58. The van der Waals surface area contributed by atoms with Crippen molar-refractivity contribution in [3.05, 3.63) is 66.2 Å². The lowest BCUT2D eigenvalue weighted by Gasteiger charge is -2.28. The van der Waals surface area contributed by atoms with Gasteiger partial charge in [-0.1, -0.05) is 24.8 Å². The van der Waals surface area contributed by atoms with Crippen LogP contribution in [0.5, 0.6) is 5.75 Å². The third kappa shape index (κ3) is 5.60. The third-order valence-electron chi connectivity index (χ3n) is 4.02. The molecule has 0 aliphatic heterocycles. The summed E-state index contributed by atoms with van der Waals surface area (Å²) in [4.78, 5) is 12.8. The molecular weight excluding hydrogens is 376 g/mol. The van der Waals surface area contributed by atoms with Gasteiger partial charge in [-0.15, -0.1) is 0 Å². The molecule has 2 aromatic rings. The fraction of sp³-hybridized carbons (Fsp3) is 0.286. The van der Waals surface area contributed by atoms with Gasteiger partial charge in [0.1, 0.15) is 18.4 Å². The molecule has 0 aromatic heterocycles. The van der Waals surface area contributed by atoms with Gasteiger partial charge < -0.3 is 10.1 Å². The number of carbonyl (C=O) groups excluding carboxylic acids is 1. The molecule has 1 N–H and O–H groups in total. The molecule has 2 rings (SSSR count). The summed E-state index contributed by atoms with van der Waals surface area (Å²) in [5.41, 5.74) is 2.82. The van der Waals surface area contributed by atoms with Crippen LogP contribution in [0.15, 0.2) is 55.1 Å². The molecular formula is C21H26N2O4S. The summed E-state index contributed by atoms with van der Waals surface area (Å²) >= 11 is 0. The van der Waals surface area contributed by atoms with Crippen molar-refractivity contribution in [3.8, 4) is 5.75 Å². The Morgan fingerprint density at radius 2 is 1.86 bits per heavy atom. The lowest BCUT2D eigenvalue weighted by atomic mass is 10.1. The van der Waals surface area contributed by atoms with E-state index < -0.39 is 22.0 Å². The Balaban J connectivity index is 2.28. The van der Waals surface area contributed by atoms with Crippen molar-refractivity contribution in [3.63, 3.8) is 0 Å². The van der Waals surface area contributed by atoms with Gasteiger partial charge in [0, 0.05) is 11.8 Å². The first-order valence-corrected chi connectivity index (χ1v) is 10.7. The summed E-state index contributed by atoms with van der Waals surface area (Å²) in [6.45, 7) is 9.28. The molecule has 0 bridgehead atoms. The van der Waals surface area contributed by atoms with Crippen molar-refractivity contribution in [2.45, 2.75) is 26.8 Å². The topological polar surface area (TPSA) is 75.7 Å². The number of rotatable bonds is 8. The second-order valence-electron chi connectivity index (χ2n) is 6.70. The number of nitrogens with zero attached hydrogens (tertiary/aromatic N) is 1. The van der Waals surface area contributed by atoms with Gasteiger partial charge in [-0.25, -0.2) is 8.42 Å². The summed E-state index contributed by atoms with van der Waals surface area (Å²) in [6, 6.07) is 11.4. The predicted octanol–water partition coefficient (Wildman–Crippen LogP) is 3.66. The van der Waals surface area contributed by atoms with E-state index in [0.717, 1.165) is 21.7 Å². The first-order chi connectivity index (χ1) is 13.1. The van der Waals surface area contributed by atoms with Crippen LogP contribution in [0.1, 0.15) is 18.1 Å². The van der Waals surface area contributed by atoms with Crippen LogP contribution in [0.4, 0.5) is 11.4 Å². The van der Waals surface area contributed by atoms with Crippen LogP contribution in [0.3, 0.4) is 0 Å². The molecule has 7 heteroatoms. The van der Waals surface area contributed by atoms with Crippen LogP contribution < -0.4 is 14.4 Å². The number of benzene rings is 2. The highest BCUT2D eigenvalue weighted by molar-refractivity contribution is 7.92. The minimum atomic E-state index is -3.67. The maximum Gasteiger partial charge on any atom is 0.247 e. The first kappa shape index (κ1) is 21.5. The van der Waals surface area contributed by atoms with Crippen LogP contribution in [-0.4, -0.2) is 33.2 Å². The van der Waals surface area contributed by atoms with E-state index in [4.69, 9.17) is 4.74 Å². The Morgan fingerprint density at radius 3 is 2.43 bits per heavy atom. The molecule has 6 nitrogen and oxygen atoms in total. The molecule has 150 valence electrons. The Hall–Kier alpha value is -2.80. The van der Waals surface area contributed by atoms with Crippen molar-refractivity contribution in [2.75, 3.05) is 22.5 Å². The minimum absolute atomic E-state index is 0.350. The van der Waals surface area contributed by atoms with Gasteiger partial charge in [0.25, 0.3) is 0 Å². The number of ether oxygens (including phenoxy) is 1. The minimum Gasteiger partial charge on any atom is -0.489 e. The molecule has 0 saturated heterocycles. The van der Waals surface area contributed by atoms with E-state index in [1.54, 1.807) is 49.4 Å². The Kier molecular flexibility index (Phi) is 6.85. The highest BCUT2D eigenvalue weighted by atomic mass is 32.2. The van der Waals surface area contributed by atoms with E-state index in [-0.39, 0.29) is 0 Å². The lowest BCUT2D eigenvalue weighted by Crippen LogP contribution is -2.45. The van der Waals surface area contributed by atoms with Gasteiger partial charge in [-0.3, -0.25) is 9.10 Å². The molecule has 1 atom stereocenters. The van der Waals surface area contributed by atoms with Crippen molar-refractivity contribution < 1.29 is 17.9 Å². The highest BCUT2D eigenvalue weighted by Crippen LogP contribution is 2.25. The normalized spacial score (nSPS) is 12.1. The standard InChI is InChI=1S/C21H26N2O4S/c1-6-10-27-20-9-7-8-18(14-20)22-21(24)17(4)23(28(5,25)26)19-12-15(2)11-16(3)13-19/h6-9,11-14,17H,1,10H2,2-5H3,(H,22,24)/t17-/m0/s1. The number of carbonyl (C=O) groups is 1. The predicted molar refractivity (Wildman–Crippen MR) is 113 cm³/mol. The Morgan fingerprint density at radius 1 is 1.21 bits per heavy atom. The lowest BCUT2D eigenvalue weighted by molar-refractivity contribution is -0.116. The summed E-state index contributed by atoms with van der Waals surface area (Å²) in [6.07, 6.45) is 2.72. The van der Waals surface area contributed by atoms with Crippen LogP contribution in [-0.2, 0) is 14.8 Å². The smallest absolute Gasteiger partial charge is 0.247 e. The number of hydrogen-bond donors (Lipinski definition) is 1. The average molecular weight is 403 g/mol. The van der Waals surface area contributed by atoms with E-state index in [9.17, 15) is 13.2 Å². The Labute approximate surface area is 166 Å². The summed E-state index contributed by atoms with van der Waals surface area (Å²) < 4.78 is 31.5. The second-order valence-corrected chi connectivity index (χ2v) is 8.56. The summed E-state index contributed by atoms with van der Waals surface area (Å²) in [5, 5.41) is 2.76. The van der Waals surface area contributed by atoms with Crippen molar-refractivity contribution >= 4 is 27.3 Å². The molecule has 0 aliphatic carbocycles. The number of hydrogen-bond acceptors (Lipinski definition) is 4. The molecule has 28 heavy (non-hydrogen) atoms. The van der Waals surface area contributed by atoms with E-state index in [0.29, 0.717) is 23.7 Å². The molecule has 0 aliphatic rings. The fourth-order valence-corrected chi connectivity index (χ4v) is 4.11. The van der Waals surface area contributed by atoms with Gasteiger partial charge in [-0.05, 0) is 56.2 Å². The number of sulfonamides is 1. The van der Waals surface area contributed by atoms with Crippen molar-refractivity contribution in [2.24, 2.45) is 0 Å². The highest BCUT2D eigenvalue weighted by Gasteiger charge is 2.29. The van der Waals surface area contributed by atoms with Crippen LogP contribution >= 0.6 is 0 Å². The molecule has 0 radical (unpaired) electrons. The molecule has 0 heterocycles. The van der Waals surface area contributed by atoms with Crippen LogP contribution in [0.2, 0.25) is 0 Å². The number of anilines is 2. The number of nitrogens with one attached hydrogen (secondary N) is 1. The van der Waals surface area contributed by atoms with E-state index in [1.165, 1.54) is 0 Å². The quantitative estimate of drug-likeness (QED) is 0.684. The molecule has 2 aromatic carbocycles. The number of amides is 1. The molecule has 0 fully saturated rings. The summed E-state index contributed by atoms with van der Waals surface area (Å²) in [5.74, 6) is 0.144. The molecule has 0 unspecified atom stereocenters. The van der Waals surface area contributed by atoms with E-state index in [2.05, 4.69) is 11.9 Å². The third-order valence-corrected chi connectivity index (χ3v) is 5.26. The molecule has 0 saturated carbocycles. The maximum atomic E-state index is 12.8. The SMILES string of the molecule is C=CCOc1cccc(NC(=O)[C@H](C)N(c2cc(C)cc(C)c2)S(C)(=O)=O)c1. The molecule has 0 spiro atoms. The zero-order valence-electron chi connectivity index (χ0n) is 16.6. The zero-order chi connectivity index (χ0) is 20.9. The van der Waals surface area contributed by atoms with Crippen LogP contribution in [0, 0.1) is 13.8 Å². The summed E-state index contributed by atoms with van der Waals surface area (Å²) in [7, 11) is -3.67. The monoisotopic (exact) mass is 402 g/mol. The van der Waals surface area contributed by atoms with Crippen LogP contribution in [0.25, 0.3) is 0 Å². The van der Waals surface area contributed by atoms with Gasteiger partial charge in [-0.2, -0.15) is 0 Å². The van der Waals surface area contributed by atoms with Crippen molar-refractivity contribution in [1.82, 2.24) is 0 Å². The van der Waals surface area contributed by atoms with Crippen molar-refractivity contribution in [1.29, 1.82) is 0 Å². The number of aryl methyl sites for hydroxylation is 2. The fourth-order valence-electron chi connectivity index (χ4n) is 2.95.